The van der Waals surface area contributed by atoms with Crippen LogP contribution in [0.15, 0.2) is 36.4 Å². The standard InChI is InChI=1S/C14H12Cl2N2O3/c1-17-8-9-10(15)4-3-7-13(9)21-14-11(16)5-2-6-12(14)18(19)20/h2-7,17H,8H2,1H3. The van der Waals surface area contributed by atoms with Crippen molar-refractivity contribution in [2.75, 3.05) is 7.05 Å². The van der Waals surface area contributed by atoms with Gasteiger partial charge in [0.25, 0.3) is 0 Å². The van der Waals surface area contributed by atoms with Crippen molar-refractivity contribution in [2.45, 2.75) is 6.54 Å². The Morgan fingerprint density at radius 1 is 1.19 bits per heavy atom. The molecule has 0 unspecified atom stereocenters. The zero-order valence-electron chi connectivity index (χ0n) is 11.1. The summed E-state index contributed by atoms with van der Waals surface area (Å²) < 4.78 is 5.67. The maximum Gasteiger partial charge on any atom is 0.313 e. The van der Waals surface area contributed by atoms with Gasteiger partial charge in [0.05, 0.1) is 9.95 Å². The number of ether oxygens (including phenoxy) is 1. The lowest BCUT2D eigenvalue weighted by Crippen LogP contribution is -2.07. The molecule has 0 saturated heterocycles. The van der Waals surface area contributed by atoms with Crippen molar-refractivity contribution in [3.63, 3.8) is 0 Å². The van der Waals surface area contributed by atoms with Gasteiger partial charge in [0, 0.05) is 23.2 Å². The Morgan fingerprint density at radius 2 is 1.86 bits per heavy atom. The Morgan fingerprint density at radius 3 is 2.52 bits per heavy atom. The molecule has 21 heavy (non-hydrogen) atoms. The molecule has 5 nitrogen and oxygen atoms in total. The molecule has 2 aromatic rings. The minimum atomic E-state index is -0.538. The SMILES string of the molecule is CNCc1c(Cl)cccc1Oc1c(Cl)cccc1[N+](=O)[O-]. The number of nitro groups is 1. The van der Waals surface area contributed by atoms with Crippen molar-refractivity contribution < 1.29 is 9.66 Å². The van der Waals surface area contributed by atoms with Gasteiger partial charge in [0.2, 0.25) is 5.75 Å². The van der Waals surface area contributed by atoms with E-state index in [-0.39, 0.29) is 16.5 Å². The molecule has 110 valence electrons. The molecule has 0 spiro atoms. The van der Waals surface area contributed by atoms with Crippen LogP contribution in [0.3, 0.4) is 0 Å². The van der Waals surface area contributed by atoms with Gasteiger partial charge in [-0.3, -0.25) is 10.1 Å². The molecule has 0 bridgehead atoms. The number of hydrogen-bond donors (Lipinski definition) is 1. The van der Waals surface area contributed by atoms with E-state index >= 15 is 0 Å². The van der Waals surface area contributed by atoms with Crippen molar-refractivity contribution in [3.8, 4) is 11.5 Å². The molecule has 0 aliphatic carbocycles. The summed E-state index contributed by atoms with van der Waals surface area (Å²) in [6.07, 6.45) is 0. The van der Waals surface area contributed by atoms with Crippen LogP contribution in [0.1, 0.15) is 5.56 Å². The first-order valence-electron chi connectivity index (χ1n) is 6.07. The summed E-state index contributed by atoms with van der Waals surface area (Å²) in [6.45, 7) is 0.466. The van der Waals surface area contributed by atoms with Gasteiger partial charge in [-0.15, -0.1) is 0 Å². The number of nitro benzene ring substituents is 1. The lowest BCUT2D eigenvalue weighted by atomic mass is 10.2. The summed E-state index contributed by atoms with van der Waals surface area (Å²) in [6, 6.07) is 9.49. The average Bonchev–Trinajstić information content (AvgIpc) is 2.44. The molecular formula is C14H12Cl2N2O3. The first-order chi connectivity index (χ1) is 10.0. The fourth-order valence-corrected chi connectivity index (χ4v) is 2.28. The predicted octanol–water partition coefficient (Wildman–Crippen LogP) is 4.41. The lowest BCUT2D eigenvalue weighted by Gasteiger charge is -2.13. The largest absolute Gasteiger partial charge is 0.448 e. The first kappa shape index (κ1) is 15.6. The van der Waals surface area contributed by atoms with Gasteiger partial charge in [-0.25, -0.2) is 0 Å². The molecule has 0 heterocycles. The van der Waals surface area contributed by atoms with Crippen molar-refractivity contribution in [3.05, 3.63) is 62.1 Å². The van der Waals surface area contributed by atoms with Crippen LogP contribution in [0.5, 0.6) is 11.5 Å². The number of rotatable bonds is 5. The number of benzene rings is 2. The third-order valence-electron chi connectivity index (χ3n) is 2.78. The number of para-hydroxylation sites is 1. The van der Waals surface area contributed by atoms with E-state index in [2.05, 4.69) is 5.32 Å². The molecular weight excluding hydrogens is 315 g/mol. The maximum atomic E-state index is 11.1. The highest BCUT2D eigenvalue weighted by Gasteiger charge is 2.20. The topological polar surface area (TPSA) is 64.4 Å². The summed E-state index contributed by atoms with van der Waals surface area (Å²) in [4.78, 5) is 10.5. The quantitative estimate of drug-likeness (QED) is 0.652. The van der Waals surface area contributed by atoms with Crippen LogP contribution in [-0.2, 0) is 6.54 Å². The summed E-state index contributed by atoms with van der Waals surface area (Å²) in [5.41, 5.74) is 0.508. The highest BCUT2D eigenvalue weighted by Crippen LogP contribution is 2.39. The van der Waals surface area contributed by atoms with Crippen LogP contribution < -0.4 is 10.1 Å². The number of nitrogens with one attached hydrogen (secondary N) is 1. The molecule has 0 aliphatic heterocycles. The molecule has 0 aromatic heterocycles. The molecule has 0 fully saturated rings. The van der Waals surface area contributed by atoms with Crippen LogP contribution in [0.4, 0.5) is 5.69 Å². The van der Waals surface area contributed by atoms with Crippen molar-refractivity contribution in [2.24, 2.45) is 0 Å². The molecule has 2 aromatic carbocycles. The van der Waals surface area contributed by atoms with Gasteiger partial charge < -0.3 is 10.1 Å². The van der Waals surface area contributed by atoms with Crippen LogP contribution in [0.25, 0.3) is 0 Å². The second-order valence-electron chi connectivity index (χ2n) is 4.19. The van der Waals surface area contributed by atoms with E-state index < -0.39 is 4.92 Å². The molecule has 7 heteroatoms. The minimum Gasteiger partial charge on any atom is -0.448 e. The van der Waals surface area contributed by atoms with Crippen LogP contribution in [0, 0.1) is 10.1 Å². The highest BCUT2D eigenvalue weighted by atomic mass is 35.5. The van der Waals surface area contributed by atoms with Gasteiger partial charge >= 0.3 is 5.69 Å². The van der Waals surface area contributed by atoms with Crippen molar-refractivity contribution in [1.29, 1.82) is 0 Å². The third-order valence-corrected chi connectivity index (χ3v) is 3.44. The van der Waals surface area contributed by atoms with E-state index in [1.165, 1.54) is 18.2 Å². The van der Waals surface area contributed by atoms with E-state index in [0.717, 1.165) is 0 Å². The Kier molecular flexibility index (Phi) is 5.01. The lowest BCUT2D eigenvalue weighted by molar-refractivity contribution is -0.385. The van der Waals surface area contributed by atoms with E-state index in [1.54, 1.807) is 25.2 Å². The van der Waals surface area contributed by atoms with E-state index in [4.69, 9.17) is 27.9 Å². The van der Waals surface area contributed by atoms with Gasteiger partial charge in [-0.05, 0) is 25.2 Å². The molecule has 0 radical (unpaired) electrons. The monoisotopic (exact) mass is 326 g/mol. The summed E-state index contributed by atoms with van der Waals surface area (Å²) in [5.74, 6) is 0.428. The van der Waals surface area contributed by atoms with Crippen LogP contribution >= 0.6 is 23.2 Å². The summed E-state index contributed by atoms with van der Waals surface area (Å²) in [5, 5.41) is 14.7. The zero-order chi connectivity index (χ0) is 15.4. The molecule has 0 saturated carbocycles. The van der Waals surface area contributed by atoms with Crippen LogP contribution in [0.2, 0.25) is 10.0 Å². The van der Waals surface area contributed by atoms with Gasteiger partial charge in [0.1, 0.15) is 5.75 Å². The smallest absolute Gasteiger partial charge is 0.313 e. The number of nitrogens with zero attached hydrogens (tertiary/aromatic N) is 1. The fourth-order valence-electron chi connectivity index (χ4n) is 1.84. The first-order valence-corrected chi connectivity index (χ1v) is 6.83. The van der Waals surface area contributed by atoms with Gasteiger partial charge in [0.15, 0.2) is 0 Å². The zero-order valence-corrected chi connectivity index (χ0v) is 12.6. The predicted molar refractivity (Wildman–Crippen MR) is 82.4 cm³/mol. The Bertz CT molecular complexity index is 677. The Labute approximate surface area is 131 Å². The van der Waals surface area contributed by atoms with E-state index in [0.29, 0.717) is 22.9 Å². The average molecular weight is 327 g/mol. The number of halogens is 2. The normalized spacial score (nSPS) is 10.4. The Balaban J connectivity index is 2.48. The highest BCUT2D eigenvalue weighted by molar-refractivity contribution is 6.32. The number of hydrogen-bond acceptors (Lipinski definition) is 4. The molecule has 0 atom stereocenters. The summed E-state index contributed by atoms with van der Waals surface area (Å²) >= 11 is 12.1. The molecule has 0 aliphatic rings. The fraction of sp³-hybridized carbons (Fsp3) is 0.143. The summed E-state index contributed by atoms with van der Waals surface area (Å²) in [7, 11) is 1.77. The third kappa shape index (κ3) is 3.44. The molecule has 2 rings (SSSR count). The van der Waals surface area contributed by atoms with Crippen molar-refractivity contribution >= 4 is 28.9 Å². The van der Waals surface area contributed by atoms with E-state index in [9.17, 15) is 10.1 Å². The molecule has 1 N–H and O–H groups in total. The second-order valence-corrected chi connectivity index (χ2v) is 5.01. The second kappa shape index (κ2) is 6.76. The maximum absolute atomic E-state index is 11.1. The van der Waals surface area contributed by atoms with Gasteiger partial charge in [-0.2, -0.15) is 0 Å². The molecule has 0 amide bonds. The van der Waals surface area contributed by atoms with Crippen molar-refractivity contribution in [1.82, 2.24) is 5.32 Å². The van der Waals surface area contributed by atoms with Gasteiger partial charge in [-0.1, -0.05) is 35.3 Å². The van der Waals surface area contributed by atoms with E-state index in [1.807, 2.05) is 0 Å². The van der Waals surface area contributed by atoms with Crippen LogP contribution in [-0.4, -0.2) is 12.0 Å². The minimum absolute atomic E-state index is 0.00351. The Hall–Kier alpha value is -1.82.